The molecule has 0 saturated carbocycles. The fraction of sp³-hybridized carbons (Fsp3) is 0.545. The summed E-state index contributed by atoms with van der Waals surface area (Å²) in [6.45, 7) is 8.43. The van der Waals surface area contributed by atoms with Crippen LogP contribution in [0.2, 0.25) is 0 Å². The van der Waals surface area contributed by atoms with Crippen LogP contribution in [-0.2, 0) is 20.9 Å². The van der Waals surface area contributed by atoms with Crippen LogP contribution in [0.5, 0.6) is 0 Å². The average molecular weight is 373 g/mol. The van der Waals surface area contributed by atoms with Gasteiger partial charge in [0.1, 0.15) is 5.60 Å². The lowest BCUT2D eigenvalue weighted by Crippen LogP contribution is -2.38. The number of Topliss-reactive ketones (excluding diaryl/α,β-unsaturated/α-hetero) is 1. The molecule has 1 aromatic carbocycles. The molecule has 0 bridgehead atoms. The molecule has 0 heterocycles. The van der Waals surface area contributed by atoms with E-state index in [0.29, 0.717) is 19.6 Å². The van der Waals surface area contributed by atoms with E-state index in [2.05, 4.69) is 17.2 Å². The second-order valence-corrected chi connectivity index (χ2v) is 7.47. The molecule has 0 aliphatic carbocycles. The first-order valence-corrected chi connectivity index (χ1v) is 9.39. The smallest absolute Gasteiger partial charge is 0.407 e. The van der Waals surface area contributed by atoms with Crippen LogP contribution in [0.15, 0.2) is 30.3 Å². The molecule has 0 radical (unpaired) electrons. The van der Waals surface area contributed by atoms with Crippen LogP contribution < -0.4 is 5.32 Å². The van der Waals surface area contributed by atoms with Crippen molar-refractivity contribution >= 4 is 11.9 Å². The van der Waals surface area contributed by atoms with E-state index in [0.717, 1.165) is 18.4 Å². The highest BCUT2D eigenvalue weighted by molar-refractivity contribution is 5.96. The fourth-order valence-electron chi connectivity index (χ4n) is 2.23. The van der Waals surface area contributed by atoms with E-state index in [9.17, 15) is 9.59 Å². The van der Waals surface area contributed by atoms with Crippen molar-refractivity contribution in [3.8, 4) is 11.8 Å². The van der Waals surface area contributed by atoms with Gasteiger partial charge in [0.15, 0.2) is 0 Å². The van der Waals surface area contributed by atoms with Gasteiger partial charge in [-0.25, -0.2) is 4.79 Å². The van der Waals surface area contributed by atoms with Gasteiger partial charge in [-0.2, -0.15) is 0 Å². The maximum absolute atomic E-state index is 11.8. The normalized spacial score (nSPS) is 11.9. The minimum atomic E-state index is -0.557. The summed E-state index contributed by atoms with van der Waals surface area (Å²) in [5, 5.41) is 2.64. The molecule has 27 heavy (non-hydrogen) atoms. The van der Waals surface area contributed by atoms with Gasteiger partial charge in [0.05, 0.1) is 6.61 Å². The molecule has 0 unspecified atom stereocenters. The van der Waals surface area contributed by atoms with Crippen LogP contribution in [0.3, 0.4) is 0 Å². The maximum atomic E-state index is 11.8. The van der Waals surface area contributed by atoms with E-state index >= 15 is 0 Å². The van der Waals surface area contributed by atoms with E-state index in [1.54, 1.807) is 27.7 Å². The summed E-state index contributed by atoms with van der Waals surface area (Å²) in [5.41, 5.74) is 0.607. The number of benzene rings is 1. The third kappa shape index (κ3) is 12.6. The van der Waals surface area contributed by atoms with Gasteiger partial charge in [0.25, 0.3) is 0 Å². The summed E-state index contributed by atoms with van der Waals surface area (Å²) in [6, 6.07) is 9.74. The zero-order valence-electron chi connectivity index (χ0n) is 16.8. The third-order valence-electron chi connectivity index (χ3n) is 3.43. The zero-order chi connectivity index (χ0) is 20.1. The van der Waals surface area contributed by atoms with E-state index < -0.39 is 11.7 Å². The van der Waals surface area contributed by atoms with Crippen molar-refractivity contribution in [3.05, 3.63) is 35.9 Å². The Labute approximate surface area is 162 Å². The predicted octanol–water partition coefficient (Wildman–Crippen LogP) is 4.25. The lowest BCUT2D eigenvalue weighted by Gasteiger charge is -2.21. The molecule has 0 aliphatic rings. The Morgan fingerprint density at radius 3 is 2.52 bits per heavy atom. The van der Waals surface area contributed by atoms with E-state index in [1.807, 2.05) is 30.3 Å². The molecule has 1 amide bonds. The van der Waals surface area contributed by atoms with E-state index in [4.69, 9.17) is 9.47 Å². The van der Waals surface area contributed by atoms with Crippen LogP contribution >= 0.6 is 0 Å². The molecule has 0 aromatic heterocycles. The first kappa shape index (κ1) is 22.7. The Kier molecular flexibility index (Phi) is 10.2. The Hall–Kier alpha value is -2.32. The molecule has 1 N–H and O–H groups in total. The minimum absolute atomic E-state index is 0.173. The van der Waals surface area contributed by atoms with Gasteiger partial charge in [-0.15, -0.1) is 0 Å². The number of carbonyl (C=O) groups excluding carboxylic acids is 2. The van der Waals surface area contributed by atoms with Gasteiger partial charge < -0.3 is 14.8 Å². The monoisotopic (exact) mass is 373 g/mol. The van der Waals surface area contributed by atoms with Crippen LogP contribution in [0.4, 0.5) is 4.79 Å². The number of unbranched alkanes of at least 4 members (excludes halogenated alkanes) is 2. The Morgan fingerprint density at radius 1 is 1.15 bits per heavy atom. The molecule has 148 valence electrons. The summed E-state index contributed by atoms with van der Waals surface area (Å²) in [5.74, 6) is 5.34. The standard InChI is InChI=1S/C22H31NO4/c1-18(23-21(25)27-22(2,3)4)16-20(24)14-10-5-6-11-15-26-17-19-12-8-7-9-13-19/h7-9,12-13,18H,5-6,11,15-17H2,1-4H3,(H,23,25)/t18-/m1/s1. The van der Waals surface area contributed by atoms with Crippen molar-refractivity contribution in [2.75, 3.05) is 6.61 Å². The van der Waals surface area contributed by atoms with Crippen molar-refractivity contribution < 1.29 is 19.1 Å². The molecule has 5 nitrogen and oxygen atoms in total. The predicted molar refractivity (Wildman–Crippen MR) is 106 cm³/mol. The molecular weight excluding hydrogens is 342 g/mol. The topological polar surface area (TPSA) is 64.6 Å². The van der Waals surface area contributed by atoms with Gasteiger partial charge in [0, 0.05) is 25.5 Å². The Balaban J connectivity index is 2.10. The summed E-state index contributed by atoms with van der Waals surface area (Å²) in [4.78, 5) is 23.5. The third-order valence-corrected chi connectivity index (χ3v) is 3.43. The van der Waals surface area contributed by atoms with Crippen LogP contribution in [0.1, 0.15) is 58.9 Å². The average Bonchev–Trinajstić information content (AvgIpc) is 2.56. The van der Waals surface area contributed by atoms with Gasteiger partial charge in [-0.1, -0.05) is 36.3 Å². The number of alkyl carbamates (subject to hydrolysis) is 1. The van der Waals surface area contributed by atoms with Crippen LogP contribution in [0.25, 0.3) is 0 Å². The number of hydrogen-bond donors (Lipinski definition) is 1. The first-order chi connectivity index (χ1) is 12.8. The largest absolute Gasteiger partial charge is 0.444 e. The van der Waals surface area contributed by atoms with Gasteiger partial charge in [-0.3, -0.25) is 4.79 Å². The lowest BCUT2D eigenvalue weighted by atomic mass is 10.1. The van der Waals surface area contributed by atoms with Crippen molar-refractivity contribution in [1.82, 2.24) is 5.32 Å². The highest BCUT2D eigenvalue weighted by atomic mass is 16.6. The number of rotatable bonds is 9. The molecule has 0 aliphatic heterocycles. The summed E-state index contributed by atoms with van der Waals surface area (Å²) < 4.78 is 10.8. The van der Waals surface area contributed by atoms with Crippen molar-refractivity contribution in [1.29, 1.82) is 0 Å². The van der Waals surface area contributed by atoms with Crippen LogP contribution in [-0.4, -0.2) is 30.1 Å². The maximum Gasteiger partial charge on any atom is 0.407 e. The summed E-state index contributed by atoms with van der Waals surface area (Å²) >= 11 is 0. The first-order valence-electron chi connectivity index (χ1n) is 9.39. The molecule has 1 rings (SSSR count). The summed E-state index contributed by atoms with van der Waals surface area (Å²) in [7, 11) is 0. The Morgan fingerprint density at radius 2 is 1.85 bits per heavy atom. The lowest BCUT2D eigenvalue weighted by molar-refractivity contribution is -0.114. The van der Waals surface area contributed by atoms with Crippen molar-refractivity contribution in [2.45, 2.75) is 71.6 Å². The highest BCUT2D eigenvalue weighted by Crippen LogP contribution is 2.07. The molecule has 1 atom stereocenters. The quantitative estimate of drug-likeness (QED) is 0.399. The van der Waals surface area contributed by atoms with Gasteiger partial charge in [-0.05, 0) is 52.0 Å². The number of ketones is 1. The minimum Gasteiger partial charge on any atom is -0.444 e. The molecular formula is C22H31NO4. The second kappa shape index (κ2) is 12.1. The van der Waals surface area contributed by atoms with Gasteiger partial charge >= 0.3 is 6.09 Å². The van der Waals surface area contributed by atoms with E-state index in [1.165, 1.54) is 0 Å². The molecule has 0 spiro atoms. The van der Waals surface area contributed by atoms with Crippen molar-refractivity contribution in [3.63, 3.8) is 0 Å². The number of amides is 1. The summed E-state index contributed by atoms with van der Waals surface area (Å²) in [6.07, 6.45) is 2.11. The van der Waals surface area contributed by atoms with E-state index in [-0.39, 0.29) is 18.2 Å². The number of carbonyl (C=O) groups is 2. The molecule has 0 fully saturated rings. The number of nitrogens with one attached hydrogen (secondary N) is 1. The molecule has 1 aromatic rings. The SMILES string of the molecule is C[C@H](CC(=O)C#CCCCCOCc1ccccc1)NC(=O)OC(C)(C)C. The molecule has 5 heteroatoms. The number of hydrogen-bond acceptors (Lipinski definition) is 4. The van der Waals surface area contributed by atoms with Crippen LogP contribution in [0, 0.1) is 11.8 Å². The Bertz CT molecular complexity index is 638. The molecule has 0 saturated heterocycles. The zero-order valence-corrected chi connectivity index (χ0v) is 16.8. The highest BCUT2D eigenvalue weighted by Gasteiger charge is 2.18. The van der Waals surface area contributed by atoms with Gasteiger partial charge in [0.2, 0.25) is 5.78 Å². The fourth-order valence-corrected chi connectivity index (χ4v) is 2.23. The number of ether oxygens (including phenoxy) is 2. The second-order valence-electron chi connectivity index (χ2n) is 7.47. The van der Waals surface area contributed by atoms with Crippen molar-refractivity contribution in [2.24, 2.45) is 0 Å².